The predicted molar refractivity (Wildman–Crippen MR) is 121 cm³/mol. The summed E-state index contributed by atoms with van der Waals surface area (Å²) in [6.45, 7) is 2.67. The van der Waals surface area contributed by atoms with Crippen LogP contribution in [0.4, 0.5) is 0 Å². The molecule has 150 valence electrons. The molecule has 0 aliphatic rings. The zero-order valence-corrected chi connectivity index (χ0v) is 18.7. The number of rotatable bonds is 10. The summed E-state index contributed by atoms with van der Waals surface area (Å²) in [5.74, 6) is 0.669. The fourth-order valence-corrected chi connectivity index (χ4v) is 3.89. The molecule has 6 heteroatoms. The third-order valence-corrected chi connectivity index (χ3v) is 5.97. The minimum atomic E-state index is -0.555. The fourth-order valence-electron chi connectivity index (χ4n) is 2.96. The zero-order chi connectivity index (χ0) is 20.4. The second-order valence-electron chi connectivity index (χ2n) is 6.55. The molecule has 2 N–H and O–H groups in total. The lowest BCUT2D eigenvalue weighted by Gasteiger charge is -2.21. The van der Waals surface area contributed by atoms with Crippen molar-refractivity contribution in [3.05, 3.63) is 70.2 Å². The molecule has 0 fully saturated rings. The molecule has 0 aliphatic heterocycles. The van der Waals surface area contributed by atoms with Crippen LogP contribution in [0.3, 0.4) is 0 Å². The van der Waals surface area contributed by atoms with E-state index in [0.29, 0.717) is 23.0 Å². The van der Waals surface area contributed by atoms with Crippen LogP contribution >= 0.6 is 27.7 Å². The normalized spacial score (nSPS) is 12.8. The Balaban J connectivity index is 2.02. The van der Waals surface area contributed by atoms with E-state index in [9.17, 15) is 9.59 Å². The first-order valence-electron chi connectivity index (χ1n) is 9.43. The van der Waals surface area contributed by atoms with Gasteiger partial charge in [-0.15, -0.1) is 0 Å². The van der Waals surface area contributed by atoms with E-state index in [1.807, 2.05) is 42.7 Å². The Kier molecular flexibility index (Phi) is 9.58. The van der Waals surface area contributed by atoms with Crippen molar-refractivity contribution in [2.24, 2.45) is 0 Å². The molecule has 0 saturated carbocycles. The quantitative estimate of drug-likeness (QED) is 0.541. The summed E-state index contributed by atoms with van der Waals surface area (Å²) in [7, 11) is 0. The summed E-state index contributed by atoms with van der Waals surface area (Å²) in [6, 6.07) is 16.8. The van der Waals surface area contributed by atoms with Crippen molar-refractivity contribution in [3.8, 4) is 0 Å². The van der Waals surface area contributed by atoms with E-state index in [1.165, 1.54) is 5.56 Å². The SMILES string of the molecule is CCC(CNC(=O)C(CCSC)NC(=O)c1ccccc1Br)c1ccccc1. The lowest BCUT2D eigenvalue weighted by molar-refractivity contribution is -0.123. The second kappa shape index (κ2) is 11.9. The molecule has 2 atom stereocenters. The minimum absolute atomic E-state index is 0.135. The number of carbonyl (C=O) groups is 2. The van der Waals surface area contributed by atoms with Crippen molar-refractivity contribution < 1.29 is 9.59 Å². The smallest absolute Gasteiger partial charge is 0.253 e. The van der Waals surface area contributed by atoms with Crippen LogP contribution in [0, 0.1) is 0 Å². The van der Waals surface area contributed by atoms with E-state index in [1.54, 1.807) is 17.8 Å². The molecule has 0 aromatic heterocycles. The van der Waals surface area contributed by atoms with E-state index >= 15 is 0 Å². The standard InChI is InChI=1S/C22H27BrN2O2S/c1-3-16(17-9-5-4-6-10-17)15-24-22(27)20(13-14-28-2)25-21(26)18-11-7-8-12-19(18)23/h4-12,16,20H,3,13-15H2,1-2H3,(H,24,27)(H,25,26). The number of nitrogens with one attached hydrogen (secondary N) is 2. The molecule has 2 amide bonds. The Hall–Kier alpha value is -1.79. The minimum Gasteiger partial charge on any atom is -0.354 e. The highest BCUT2D eigenvalue weighted by molar-refractivity contribution is 9.10. The molecule has 2 rings (SSSR count). The predicted octanol–water partition coefficient (Wildman–Crippen LogP) is 4.61. The first-order valence-corrected chi connectivity index (χ1v) is 11.6. The molecular weight excluding hydrogens is 436 g/mol. The third kappa shape index (κ3) is 6.67. The maximum absolute atomic E-state index is 12.8. The number of hydrogen-bond acceptors (Lipinski definition) is 3. The van der Waals surface area contributed by atoms with Gasteiger partial charge in [0.2, 0.25) is 5.91 Å². The highest BCUT2D eigenvalue weighted by Crippen LogP contribution is 2.18. The molecule has 4 nitrogen and oxygen atoms in total. The van der Waals surface area contributed by atoms with E-state index in [-0.39, 0.29) is 17.7 Å². The maximum Gasteiger partial charge on any atom is 0.253 e. The van der Waals surface area contributed by atoms with Gasteiger partial charge in [-0.2, -0.15) is 11.8 Å². The topological polar surface area (TPSA) is 58.2 Å². The van der Waals surface area contributed by atoms with Gasteiger partial charge < -0.3 is 10.6 Å². The van der Waals surface area contributed by atoms with Crippen LogP contribution < -0.4 is 10.6 Å². The highest BCUT2D eigenvalue weighted by Gasteiger charge is 2.22. The second-order valence-corrected chi connectivity index (χ2v) is 8.39. The first-order chi connectivity index (χ1) is 13.6. The summed E-state index contributed by atoms with van der Waals surface area (Å²) >= 11 is 5.05. The summed E-state index contributed by atoms with van der Waals surface area (Å²) in [4.78, 5) is 25.4. The summed E-state index contributed by atoms with van der Waals surface area (Å²) < 4.78 is 0.714. The van der Waals surface area contributed by atoms with Gasteiger partial charge in [0.25, 0.3) is 5.91 Å². The van der Waals surface area contributed by atoms with Crippen molar-refractivity contribution in [1.82, 2.24) is 10.6 Å². The van der Waals surface area contributed by atoms with Crippen LogP contribution in [-0.2, 0) is 4.79 Å². The van der Waals surface area contributed by atoms with Gasteiger partial charge in [-0.1, -0.05) is 49.4 Å². The zero-order valence-electron chi connectivity index (χ0n) is 16.3. The fraction of sp³-hybridized carbons (Fsp3) is 0.364. The Bertz CT molecular complexity index is 770. The van der Waals surface area contributed by atoms with Crippen LogP contribution in [-0.4, -0.2) is 36.4 Å². The summed E-state index contributed by atoms with van der Waals surface area (Å²) in [5, 5.41) is 5.93. The molecule has 0 bridgehead atoms. The van der Waals surface area contributed by atoms with Gasteiger partial charge in [0, 0.05) is 16.9 Å². The van der Waals surface area contributed by atoms with E-state index in [4.69, 9.17) is 0 Å². The van der Waals surface area contributed by atoms with E-state index in [2.05, 4.69) is 45.6 Å². The Morgan fingerprint density at radius 1 is 1.07 bits per heavy atom. The van der Waals surface area contributed by atoms with Crippen LogP contribution in [0.2, 0.25) is 0 Å². The van der Waals surface area contributed by atoms with E-state index in [0.717, 1.165) is 12.2 Å². The van der Waals surface area contributed by atoms with Gasteiger partial charge in [-0.3, -0.25) is 9.59 Å². The third-order valence-electron chi connectivity index (χ3n) is 4.64. The van der Waals surface area contributed by atoms with Crippen molar-refractivity contribution >= 4 is 39.5 Å². The van der Waals surface area contributed by atoms with Crippen LogP contribution in [0.1, 0.15) is 41.6 Å². The number of hydrogen-bond donors (Lipinski definition) is 2. The highest BCUT2D eigenvalue weighted by atomic mass is 79.9. The van der Waals surface area contributed by atoms with Gasteiger partial charge in [0.15, 0.2) is 0 Å². The Labute approximate surface area is 180 Å². The van der Waals surface area contributed by atoms with Crippen molar-refractivity contribution in [2.75, 3.05) is 18.6 Å². The average molecular weight is 463 g/mol. The van der Waals surface area contributed by atoms with Gasteiger partial charge >= 0.3 is 0 Å². The van der Waals surface area contributed by atoms with Crippen LogP contribution in [0.5, 0.6) is 0 Å². The number of benzene rings is 2. The van der Waals surface area contributed by atoms with Gasteiger partial charge in [-0.25, -0.2) is 0 Å². The Morgan fingerprint density at radius 2 is 1.75 bits per heavy atom. The monoisotopic (exact) mass is 462 g/mol. The molecule has 2 aromatic carbocycles. The largest absolute Gasteiger partial charge is 0.354 e. The molecule has 0 heterocycles. The van der Waals surface area contributed by atoms with Crippen molar-refractivity contribution in [1.29, 1.82) is 0 Å². The van der Waals surface area contributed by atoms with Gasteiger partial charge in [-0.05, 0) is 58.5 Å². The van der Waals surface area contributed by atoms with Crippen LogP contribution in [0.25, 0.3) is 0 Å². The molecular formula is C22H27BrN2O2S. The lowest BCUT2D eigenvalue weighted by atomic mass is 9.96. The Morgan fingerprint density at radius 3 is 2.39 bits per heavy atom. The molecule has 0 saturated heterocycles. The number of amides is 2. The molecule has 2 aromatic rings. The van der Waals surface area contributed by atoms with E-state index < -0.39 is 6.04 Å². The number of halogens is 1. The molecule has 28 heavy (non-hydrogen) atoms. The summed E-state index contributed by atoms with van der Waals surface area (Å²) in [5.41, 5.74) is 1.74. The maximum atomic E-state index is 12.8. The van der Waals surface area contributed by atoms with Gasteiger partial charge in [0.1, 0.15) is 6.04 Å². The lowest BCUT2D eigenvalue weighted by Crippen LogP contribution is -2.48. The number of thioether (sulfide) groups is 1. The van der Waals surface area contributed by atoms with Crippen molar-refractivity contribution in [3.63, 3.8) is 0 Å². The van der Waals surface area contributed by atoms with Crippen molar-refractivity contribution in [2.45, 2.75) is 31.7 Å². The molecule has 2 unspecified atom stereocenters. The number of carbonyl (C=O) groups excluding carboxylic acids is 2. The molecule has 0 spiro atoms. The van der Waals surface area contributed by atoms with Crippen LogP contribution in [0.15, 0.2) is 59.1 Å². The average Bonchev–Trinajstić information content (AvgIpc) is 2.72. The molecule has 0 aliphatic carbocycles. The van der Waals surface area contributed by atoms with Gasteiger partial charge in [0.05, 0.1) is 5.56 Å². The first kappa shape index (κ1) is 22.5. The summed E-state index contributed by atoms with van der Waals surface area (Å²) in [6.07, 6.45) is 3.52. The molecule has 0 radical (unpaired) electrons.